The molecular weight excluding hydrogens is 621 g/mol. The predicted octanol–water partition coefficient (Wildman–Crippen LogP) is 7.16. The summed E-state index contributed by atoms with van der Waals surface area (Å²) in [5.74, 6) is -0.0610. The summed E-state index contributed by atoms with van der Waals surface area (Å²) in [4.78, 5) is 38.7. The molecule has 0 saturated carbocycles. The first kappa shape index (κ1) is 33.4. The van der Waals surface area contributed by atoms with Gasteiger partial charge in [0.25, 0.3) is 5.91 Å². The van der Waals surface area contributed by atoms with E-state index >= 15 is 0 Å². The highest BCUT2D eigenvalue weighted by Crippen LogP contribution is 2.34. The third-order valence-corrected chi connectivity index (χ3v) is 10.3. The standard InChI is InChI=1S/C42H46N6O2/c1-3-46(4-2)27-23-43-41(49)33-18-19-37-34(28-33)29-36(31-10-6-5-7-11-31)40(44-37)32-16-14-30(15-17-32)20-24-47-25-21-35(22-26-47)48-39-13-9-8-12-38(39)45-42(48)50/h5-19,28-29,35H,3-4,20-27H2,1-2H3,(H,43,49)(H,45,50). The van der Waals surface area contributed by atoms with Crippen molar-refractivity contribution in [1.29, 1.82) is 0 Å². The van der Waals surface area contributed by atoms with Crippen LogP contribution in [0.15, 0.2) is 108 Å². The molecule has 0 atom stereocenters. The van der Waals surface area contributed by atoms with Crippen molar-refractivity contribution in [2.75, 3.05) is 45.8 Å². The van der Waals surface area contributed by atoms with E-state index in [0.717, 1.165) is 103 Å². The minimum absolute atomic E-state index is 0.00454. The molecular formula is C42H46N6O2. The van der Waals surface area contributed by atoms with Crippen LogP contribution in [0.5, 0.6) is 0 Å². The number of H-pyrrole nitrogens is 1. The number of carbonyl (C=O) groups excluding carboxylic acids is 1. The van der Waals surface area contributed by atoms with Gasteiger partial charge in [-0.1, -0.05) is 80.6 Å². The number of nitrogens with zero attached hydrogens (tertiary/aromatic N) is 4. The Hall–Kier alpha value is -5.05. The van der Waals surface area contributed by atoms with Crippen LogP contribution >= 0.6 is 0 Å². The predicted molar refractivity (Wildman–Crippen MR) is 204 cm³/mol. The summed E-state index contributed by atoms with van der Waals surface area (Å²) in [6.45, 7) is 10.6. The van der Waals surface area contributed by atoms with Crippen molar-refractivity contribution in [2.45, 2.75) is 39.2 Å². The zero-order chi connectivity index (χ0) is 34.5. The van der Waals surface area contributed by atoms with Crippen molar-refractivity contribution in [3.8, 4) is 22.4 Å². The minimum atomic E-state index is -0.0610. The number of amides is 1. The van der Waals surface area contributed by atoms with Gasteiger partial charge in [-0.3, -0.25) is 9.36 Å². The van der Waals surface area contributed by atoms with Crippen LogP contribution in [0.1, 0.15) is 48.7 Å². The lowest BCUT2D eigenvalue weighted by Gasteiger charge is -2.32. The lowest BCUT2D eigenvalue weighted by atomic mass is 9.96. The number of hydrogen-bond donors (Lipinski definition) is 2. The minimum Gasteiger partial charge on any atom is -0.351 e. The molecule has 4 aromatic carbocycles. The number of pyridine rings is 1. The molecule has 7 rings (SSSR count). The van der Waals surface area contributed by atoms with Crippen molar-refractivity contribution in [1.82, 2.24) is 29.7 Å². The topological polar surface area (TPSA) is 86.3 Å². The van der Waals surface area contributed by atoms with Gasteiger partial charge in [0.2, 0.25) is 0 Å². The first-order chi connectivity index (χ1) is 24.5. The smallest absolute Gasteiger partial charge is 0.326 e. The van der Waals surface area contributed by atoms with E-state index in [1.165, 1.54) is 5.56 Å². The molecule has 256 valence electrons. The highest BCUT2D eigenvalue weighted by Gasteiger charge is 2.23. The number of likely N-dealkylation sites (N-methyl/N-ethyl adjacent to an activating group) is 1. The van der Waals surface area contributed by atoms with Crippen molar-refractivity contribution in [2.24, 2.45) is 0 Å². The largest absolute Gasteiger partial charge is 0.351 e. The number of nitrogens with one attached hydrogen (secondary N) is 2. The van der Waals surface area contributed by atoms with E-state index in [1.54, 1.807) is 0 Å². The zero-order valence-corrected chi connectivity index (χ0v) is 29.1. The Bertz CT molecular complexity index is 2120. The lowest BCUT2D eigenvalue weighted by Crippen LogP contribution is -2.37. The third-order valence-electron chi connectivity index (χ3n) is 10.3. The van der Waals surface area contributed by atoms with E-state index in [4.69, 9.17) is 4.98 Å². The van der Waals surface area contributed by atoms with Gasteiger partial charge < -0.3 is 20.1 Å². The van der Waals surface area contributed by atoms with Crippen LogP contribution in [0, 0.1) is 0 Å². The highest BCUT2D eigenvalue weighted by molar-refractivity contribution is 5.99. The summed E-state index contributed by atoms with van der Waals surface area (Å²) in [5, 5.41) is 4.02. The number of para-hydroxylation sites is 2. The molecule has 0 spiro atoms. The van der Waals surface area contributed by atoms with Crippen molar-refractivity contribution in [3.05, 3.63) is 125 Å². The van der Waals surface area contributed by atoms with Crippen LogP contribution in [-0.2, 0) is 6.42 Å². The van der Waals surface area contributed by atoms with Gasteiger partial charge in [0.1, 0.15) is 0 Å². The second-order valence-corrected chi connectivity index (χ2v) is 13.3. The molecule has 1 fully saturated rings. The normalized spacial score (nSPS) is 14.1. The molecule has 2 aromatic heterocycles. The number of piperidine rings is 1. The SMILES string of the molecule is CCN(CC)CCNC(=O)c1ccc2nc(-c3ccc(CCN4CCC(n5c(=O)[nH]c6ccccc65)CC4)cc3)c(-c3ccccc3)cc2c1. The summed E-state index contributed by atoms with van der Waals surface area (Å²) >= 11 is 0. The van der Waals surface area contributed by atoms with E-state index in [9.17, 15) is 9.59 Å². The quantitative estimate of drug-likeness (QED) is 0.145. The second-order valence-electron chi connectivity index (χ2n) is 13.3. The Kier molecular flexibility index (Phi) is 10.2. The van der Waals surface area contributed by atoms with Gasteiger partial charge in [-0.25, -0.2) is 9.78 Å². The van der Waals surface area contributed by atoms with Crippen LogP contribution in [0.4, 0.5) is 0 Å². The Morgan fingerprint density at radius 2 is 1.62 bits per heavy atom. The third kappa shape index (κ3) is 7.27. The van der Waals surface area contributed by atoms with E-state index in [1.807, 2.05) is 65.2 Å². The number of fused-ring (bicyclic) bond motifs is 2. The molecule has 8 heteroatoms. The number of aromatic amines is 1. The molecule has 0 aliphatic carbocycles. The molecule has 0 radical (unpaired) electrons. The number of carbonyl (C=O) groups is 1. The van der Waals surface area contributed by atoms with Gasteiger partial charge >= 0.3 is 5.69 Å². The fraction of sp³-hybridized carbons (Fsp3) is 0.310. The molecule has 50 heavy (non-hydrogen) atoms. The van der Waals surface area contributed by atoms with E-state index in [0.29, 0.717) is 12.1 Å². The highest BCUT2D eigenvalue weighted by atomic mass is 16.2. The molecule has 1 amide bonds. The average Bonchev–Trinajstić information content (AvgIpc) is 3.51. The molecule has 1 aliphatic rings. The fourth-order valence-electron chi connectivity index (χ4n) is 7.30. The maximum Gasteiger partial charge on any atom is 0.326 e. The average molecular weight is 667 g/mol. The second kappa shape index (κ2) is 15.2. The van der Waals surface area contributed by atoms with Crippen LogP contribution in [-0.4, -0.2) is 76.1 Å². The number of rotatable bonds is 12. The molecule has 1 aliphatic heterocycles. The van der Waals surface area contributed by atoms with Crippen molar-refractivity contribution < 1.29 is 4.79 Å². The van der Waals surface area contributed by atoms with Gasteiger partial charge in [0.05, 0.1) is 22.2 Å². The number of benzene rings is 4. The molecule has 3 heterocycles. The fourth-order valence-corrected chi connectivity index (χ4v) is 7.30. The summed E-state index contributed by atoms with van der Waals surface area (Å²) in [5.41, 5.74) is 8.84. The molecule has 0 unspecified atom stereocenters. The summed E-state index contributed by atoms with van der Waals surface area (Å²) in [7, 11) is 0. The van der Waals surface area contributed by atoms with Gasteiger partial charge in [0, 0.05) is 60.8 Å². The molecule has 8 nitrogen and oxygen atoms in total. The monoisotopic (exact) mass is 666 g/mol. The first-order valence-corrected chi connectivity index (χ1v) is 18.0. The molecule has 6 aromatic rings. The number of imidazole rings is 1. The zero-order valence-electron chi connectivity index (χ0n) is 29.1. The lowest BCUT2D eigenvalue weighted by molar-refractivity contribution is 0.0949. The van der Waals surface area contributed by atoms with E-state index in [2.05, 4.69) is 76.4 Å². The Balaban J connectivity index is 1.04. The maximum absolute atomic E-state index is 13.0. The van der Waals surface area contributed by atoms with E-state index < -0.39 is 0 Å². The van der Waals surface area contributed by atoms with Gasteiger partial charge in [0.15, 0.2) is 0 Å². The van der Waals surface area contributed by atoms with Crippen molar-refractivity contribution in [3.63, 3.8) is 0 Å². The van der Waals surface area contributed by atoms with Gasteiger partial charge in [-0.15, -0.1) is 0 Å². The molecule has 2 N–H and O–H groups in total. The summed E-state index contributed by atoms with van der Waals surface area (Å²) in [6, 6.07) is 35.3. The van der Waals surface area contributed by atoms with Crippen LogP contribution < -0.4 is 11.0 Å². The van der Waals surface area contributed by atoms with Crippen LogP contribution in [0.2, 0.25) is 0 Å². The van der Waals surface area contributed by atoms with Crippen LogP contribution in [0.3, 0.4) is 0 Å². The van der Waals surface area contributed by atoms with Gasteiger partial charge in [-0.05, 0) is 79.9 Å². The molecule has 1 saturated heterocycles. The molecule has 0 bridgehead atoms. The van der Waals surface area contributed by atoms with Crippen LogP contribution in [0.25, 0.3) is 44.3 Å². The Labute approximate surface area is 293 Å². The summed E-state index contributed by atoms with van der Waals surface area (Å²) < 4.78 is 1.96. The Morgan fingerprint density at radius 1 is 0.880 bits per heavy atom. The van der Waals surface area contributed by atoms with Gasteiger partial charge in [-0.2, -0.15) is 0 Å². The Morgan fingerprint density at radius 3 is 2.38 bits per heavy atom. The summed E-state index contributed by atoms with van der Waals surface area (Å²) in [6.07, 6.45) is 2.91. The number of hydrogen-bond acceptors (Lipinski definition) is 5. The first-order valence-electron chi connectivity index (χ1n) is 18.0. The number of likely N-dealkylation sites (tertiary alicyclic amines) is 1. The van der Waals surface area contributed by atoms with E-state index in [-0.39, 0.29) is 17.6 Å². The maximum atomic E-state index is 13.0. The number of aromatic nitrogens is 3. The van der Waals surface area contributed by atoms with Crippen molar-refractivity contribution >= 4 is 27.8 Å².